The number of ether oxygens (including phenoxy) is 1. The first kappa shape index (κ1) is 11.1. The van der Waals surface area contributed by atoms with E-state index in [9.17, 15) is 8.78 Å². The number of hydrogen-bond acceptors (Lipinski definition) is 3. The minimum absolute atomic E-state index is 0.165. The first-order valence-corrected chi connectivity index (χ1v) is 4.29. The van der Waals surface area contributed by atoms with Gasteiger partial charge in [-0.25, -0.2) is 8.78 Å². The summed E-state index contributed by atoms with van der Waals surface area (Å²) in [5.74, 6) is 0.724. The quantitative estimate of drug-likeness (QED) is 0.768. The van der Waals surface area contributed by atoms with Crippen molar-refractivity contribution in [1.29, 1.82) is 0 Å². The van der Waals surface area contributed by atoms with E-state index in [1.807, 2.05) is 0 Å². The molecule has 0 atom stereocenters. The number of nitrogens with one attached hydrogen (secondary N) is 1. The van der Waals surface area contributed by atoms with Crippen LogP contribution in [0.2, 0.25) is 0 Å². The van der Waals surface area contributed by atoms with E-state index in [1.165, 1.54) is 6.26 Å². The third-order valence-electron chi connectivity index (χ3n) is 1.68. The Kier molecular flexibility index (Phi) is 4.55. The van der Waals surface area contributed by atoms with Crippen LogP contribution < -0.4 is 5.32 Å². The minimum atomic E-state index is -2.42. The molecule has 3 nitrogen and oxygen atoms in total. The van der Waals surface area contributed by atoms with Crippen LogP contribution in [0.5, 0.6) is 0 Å². The summed E-state index contributed by atoms with van der Waals surface area (Å²) in [4.78, 5) is 0. The number of rotatable bonds is 6. The van der Waals surface area contributed by atoms with Gasteiger partial charge in [0.25, 0.3) is 6.43 Å². The number of furan rings is 1. The van der Waals surface area contributed by atoms with Gasteiger partial charge in [0.05, 0.1) is 19.4 Å². The SMILES string of the molecule is CNCc1occc1COCC(F)F. The minimum Gasteiger partial charge on any atom is -0.468 e. The lowest BCUT2D eigenvalue weighted by Crippen LogP contribution is -2.08. The molecule has 0 radical (unpaired) electrons. The summed E-state index contributed by atoms with van der Waals surface area (Å²) in [6, 6.07) is 1.72. The standard InChI is InChI=1S/C9H13F2NO2/c1-12-4-8-7(2-3-14-8)5-13-6-9(10)11/h2-3,9,12H,4-6H2,1H3. The molecule has 14 heavy (non-hydrogen) atoms. The molecule has 0 amide bonds. The summed E-state index contributed by atoms with van der Waals surface area (Å²) in [7, 11) is 1.78. The first-order valence-electron chi connectivity index (χ1n) is 4.29. The maximum atomic E-state index is 11.8. The predicted molar refractivity (Wildman–Crippen MR) is 47.1 cm³/mol. The molecule has 1 aromatic rings. The lowest BCUT2D eigenvalue weighted by atomic mass is 10.2. The third kappa shape index (κ3) is 3.43. The van der Waals surface area contributed by atoms with Crippen LogP contribution in [-0.2, 0) is 17.9 Å². The molecular weight excluding hydrogens is 192 g/mol. The monoisotopic (exact) mass is 205 g/mol. The average molecular weight is 205 g/mol. The molecule has 0 bridgehead atoms. The summed E-state index contributed by atoms with van der Waals surface area (Å²) in [6.45, 7) is 0.197. The van der Waals surface area contributed by atoms with Crippen LogP contribution in [0.4, 0.5) is 8.78 Å². The van der Waals surface area contributed by atoms with Gasteiger partial charge in [0.15, 0.2) is 0 Å². The molecule has 0 fully saturated rings. The highest BCUT2D eigenvalue weighted by atomic mass is 19.3. The van der Waals surface area contributed by atoms with Crippen LogP contribution in [0.3, 0.4) is 0 Å². The maximum absolute atomic E-state index is 11.8. The van der Waals surface area contributed by atoms with Gasteiger partial charge >= 0.3 is 0 Å². The largest absolute Gasteiger partial charge is 0.468 e. The number of halogens is 2. The van der Waals surface area contributed by atoms with Crippen molar-refractivity contribution in [3.63, 3.8) is 0 Å². The molecule has 1 heterocycles. The van der Waals surface area contributed by atoms with Crippen LogP contribution in [0.25, 0.3) is 0 Å². The van der Waals surface area contributed by atoms with Crippen LogP contribution in [0.15, 0.2) is 16.7 Å². The molecule has 0 aliphatic rings. The molecule has 0 spiro atoms. The second-order valence-electron chi connectivity index (χ2n) is 2.81. The lowest BCUT2D eigenvalue weighted by Gasteiger charge is -2.03. The van der Waals surface area contributed by atoms with Crippen molar-refractivity contribution >= 4 is 0 Å². The molecule has 0 unspecified atom stereocenters. The highest BCUT2D eigenvalue weighted by Crippen LogP contribution is 2.11. The van der Waals surface area contributed by atoms with E-state index in [2.05, 4.69) is 5.32 Å². The van der Waals surface area contributed by atoms with Crippen LogP contribution in [0, 0.1) is 0 Å². The Morgan fingerprint density at radius 2 is 2.36 bits per heavy atom. The number of hydrogen-bond donors (Lipinski definition) is 1. The van der Waals surface area contributed by atoms with Crippen molar-refractivity contribution in [3.05, 3.63) is 23.7 Å². The zero-order chi connectivity index (χ0) is 10.4. The fourth-order valence-electron chi connectivity index (χ4n) is 1.07. The fourth-order valence-corrected chi connectivity index (χ4v) is 1.07. The van der Waals surface area contributed by atoms with Gasteiger partial charge in [0.2, 0.25) is 0 Å². The summed E-state index contributed by atoms with van der Waals surface area (Å²) in [5, 5.41) is 2.91. The van der Waals surface area contributed by atoms with Gasteiger partial charge in [-0.15, -0.1) is 0 Å². The number of alkyl halides is 2. The smallest absolute Gasteiger partial charge is 0.261 e. The van der Waals surface area contributed by atoms with Gasteiger partial charge in [0.1, 0.15) is 12.4 Å². The topological polar surface area (TPSA) is 34.4 Å². The normalized spacial score (nSPS) is 11.1. The van der Waals surface area contributed by atoms with Gasteiger partial charge in [-0.1, -0.05) is 0 Å². The van der Waals surface area contributed by atoms with Gasteiger partial charge in [-0.3, -0.25) is 0 Å². The van der Waals surface area contributed by atoms with Crippen molar-refractivity contribution in [3.8, 4) is 0 Å². The molecule has 1 N–H and O–H groups in total. The van der Waals surface area contributed by atoms with Crippen LogP contribution in [0.1, 0.15) is 11.3 Å². The molecule has 1 aromatic heterocycles. The average Bonchev–Trinajstić information content (AvgIpc) is 2.53. The zero-order valence-corrected chi connectivity index (χ0v) is 7.93. The maximum Gasteiger partial charge on any atom is 0.261 e. The molecule has 0 aliphatic heterocycles. The van der Waals surface area contributed by atoms with E-state index in [0.717, 1.165) is 11.3 Å². The predicted octanol–water partition coefficient (Wildman–Crippen LogP) is 1.78. The van der Waals surface area contributed by atoms with Crippen LogP contribution >= 0.6 is 0 Å². The Hall–Kier alpha value is -0.940. The van der Waals surface area contributed by atoms with Gasteiger partial charge < -0.3 is 14.5 Å². The van der Waals surface area contributed by atoms with Crippen molar-refractivity contribution in [2.24, 2.45) is 0 Å². The van der Waals surface area contributed by atoms with Crippen molar-refractivity contribution in [2.75, 3.05) is 13.7 Å². The summed E-state index contributed by atoms with van der Waals surface area (Å²) in [6.07, 6.45) is -0.900. The Labute approximate surface area is 81.0 Å². The first-order chi connectivity index (χ1) is 6.74. The van der Waals surface area contributed by atoms with E-state index in [1.54, 1.807) is 13.1 Å². The van der Waals surface area contributed by atoms with E-state index in [0.29, 0.717) is 6.54 Å². The molecule has 0 aromatic carbocycles. The van der Waals surface area contributed by atoms with E-state index >= 15 is 0 Å². The second kappa shape index (κ2) is 5.72. The summed E-state index contributed by atoms with van der Waals surface area (Å²) in [5.41, 5.74) is 0.806. The summed E-state index contributed by atoms with van der Waals surface area (Å²) < 4.78 is 33.4. The highest BCUT2D eigenvalue weighted by Gasteiger charge is 2.07. The van der Waals surface area contributed by atoms with Gasteiger partial charge in [0, 0.05) is 5.56 Å². The molecule has 1 rings (SSSR count). The van der Waals surface area contributed by atoms with Crippen LogP contribution in [-0.4, -0.2) is 20.1 Å². The molecule has 0 saturated heterocycles. The molecule has 80 valence electrons. The Morgan fingerprint density at radius 1 is 1.57 bits per heavy atom. The van der Waals surface area contributed by atoms with Gasteiger partial charge in [-0.2, -0.15) is 0 Å². The van der Waals surface area contributed by atoms with E-state index in [4.69, 9.17) is 9.15 Å². The van der Waals surface area contributed by atoms with E-state index in [-0.39, 0.29) is 6.61 Å². The Bertz CT molecular complexity index is 263. The summed E-state index contributed by atoms with van der Waals surface area (Å²) >= 11 is 0. The van der Waals surface area contributed by atoms with Crippen molar-refractivity contribution in [1.82, 2.24) is 5.32 Å². The lowest BCUT2D eigenvalue weighted by molar-refractivity contribution is 0.00942. The molecule has 5 heteroatoms. The van der Waals surface area contributed by atoms with Gasteiger partial charge in [-0.05, 0) is 13.1 Å². The van der Waals surface area contributed by atoms with E-state index < -0.39 is 13.0 Å². The second-order valence-corrected chi connectivity index (χ2v) is 2.81. The Morgan fingerprint density at radius 3 is 3.00 bits per heavy atom. The van der Waals surface area contributed by atoms with Crippen molar-refractivity contribution in [2.45, 2.75) is 19.6 Å². The molecule has 0 aliphatic carbocycles. The fraction of sp³-hybridized carbons (Fsp3) is 0.556. The molecule has 0 saturated carbocycles. The van der Waals surface area contributed by atoms with Crippen molar-refractivity contribution < 1.29 is 17.9 Å². The Balaban J connectivity index is 2.37. The zero-order valence-electron chi connectivity index (χ0n) is 7.93. The highest BCUT2D eigenvalue weighted by molar-refractivity contribution is 5.15. The third-order valence-corrected chi connectivity index (χ3v) is 1.68. The molecular formula is C9H13F2NO2.